The highest BCUT2D eigenvalue weighted by atomic mass is 127. The first-order valence-electron chi connectivity index (χ1n) is 6.47. The second kappa shape index (κ2) is 6.53. The van der Waals surface area contributed by atoms with Crippen molar-refractivity contribution < 1.29 is 14.7 Å². The molecule has 2 rings (SSSR count). The number of rotatable bonds is 6. The molecule has 6 heteroatoms. The highest BCUT2D eigenvalue weighted by molar-refractivity contribution is 14.1. The van der Waals surface area contributed by atoms with E-state index in [1.54, 1.807) is 4.90 Å². The van der Waals surface area contributed by atoms with E-state index in [9.17, 15) is 9.59 Å². The zero-order chi connectivity index (χ0) is 14.7. The summed E-state index contributed by atoms with van der Waals surface area (Å²) < 4.78 is 1.11. The second-order valence-electron chi connectivity index (χ2n) is 5.04. The van der Waals surface area contributed by atoms with Gasteiger partial charge in [-0.1, -0.05) is 0 Å². The fraction of sp³-hybridized carbons (Fsp3) is 0.429. The Morgan fingerprint density at radius 1 is 1.40 bits per heavy atom. The van der Waals surface area contributed by atoms with E-state index in [-0.39, 0.29) is 25.0 Å². The van der Waals surface area contributed by atoms with Gasteiger partial charge in [0.2, 0.25) is 5.91 Å². The summed E-state index contributed by atoms with van der Waals surface area (Å²) in [5.41, 5.74) is 1.78. The molecule has 0 atom stereocenters. The van der Waals surface area contributed by atoms with Crippen molar-refractivity contribution >= 4 is 40.2 Å². The van der Waals surface area contributed by atoms with Crippen molar-refractivity contribution in [3.63, 3.8) is 0 Å². The molecule has 1 fully saturated rings. The van der Waals surface area contributed by atoms with E-state index < -0.39 is 5.97 Å². The van der Waals surface area contributed by atoms with Crippen LogP contribution in [0.4, 0.5) is 5.69 Å². The minimum atomic E-state index is -0.893. The number of carboxylic acids is 1. The van der Waals surface area contributed by atoms with Gasteiger partial charge in [0.1, 0.15) is 0 Å². The zero-order valence-electron chi connectivity index (χ0n) is 11.2. The topological polar surface area (TPSA) is 69.6 Å². The third-order valence-corrected chi connectivity index (χ3v) is 3.88. The first-order valence-corrected chi connectivity index (χ1v) is 7.55. The number of carbonyl (C=O) groups is 2. The molecule has 0 unspecified atom stereocenters. The van der Waals surface area contributed by atoms with Gasteiger partial charge in [0.15, 0.2) is 0 Å². The SMILES string of the molecule is Cc1cc(I)ccc1NC(=O)CN(CC(=O)O)C1CC1. The Bertz CT molecular complexity index is 529. The molecular formula is C14H17IN2O3. The number of nitrogens with one attached hydrogen (secondary N) is 1. The molecule has 1 saturated carbocycles. The number of halogens is 1. The summed E-state index contributed by atoms with van der Waals surface area (Å²) >= 11 is 2.22. The lowest BCUT2D eigenvalue weighted by atomic mass is 10.2. The molecule has 2 N–H and O–H groups in total. The summed E-state index contributed by atoms with van der Waals surface area (Å²) in [7, 11) is 0. The van der Waals surface area contributed by atoms with Gasteiger partial charge in [0.25, 0.3) is 0 Å². The molecule has 0 heterocycles. The molecule has 1 aromatic rings. The van der Waals surface area contributed by atoms with Crippen LogP contribution in [0.5, 0.6) is 0 Å². The maximum atomic E-state index is 12.0. The number of carbonyl (C=O) groups excluding carboxylic acids is 1. The van der Waals surface area contributed by atoms with Gasteiger partial charge >= 0.3 is 5.97 Å². The van der Waals surface area contributed by atoms with Crippen molar-refractivity contribution in [2.75, 3.05) is 18.4 Å². The Balaban J connectivity index is 1.95. The molecule has 0 bridgehead atoms. The van der Waals surface area contributed by atoms with Gasteiger partial charge in [-0.3, -0.25) is 14.5 Å². The standard InChI is InChI=1S/C14H17IN2O3/c1-9-6-10(15)2-5-12(9)16-13(18)7-17(8-14(19)20)11-3-4-11/h2,5-6,11H,3-4,7-8H2,1H3,(H,16,18)(H,19,20). The third-order valence-electron chi connectivity index (χ3n) is 3.21. The van der Waals surface area contributed by atoms with Crippen LogP contribution in [-0.4, -0.2) is 41.0 Å². The van der Waals surface area contributed by atoms with Crippen LogP contribution in [0.1, 0.15) is 18.4 Å². The van der Waals surface area contributed by atoms with Gasteiger partial charge in [0, 0.05) is 15.3 Å². The van der Waals surface area contributed by atoms with Gasteiger partial charge < -0.3 is 10.4 Å². The van der Waals surface area contributed by atoms with Crippen LogP contribution >= 0.6 is 22.6 Å². The van der Waals surface area contributed by atoms with E-state index in [1.807, 2.05) is 25.1 Å². The number of amides is 1. The summed E-state index contributed by atoms with van der Waals surface area (Å²) in [6.45, 7) is 1.99. The summed E-state index contributed by atoms with van der Waals surface area (Å²) in [4.78, 5) is 24.5. The maximum absolute atomic E-state index is 12.0. The lowest BCUT2D eigenvalue weighted by molar-refractivity contribution is -0.138. The van der Waals surface area contributed by atoms with Crippen molar-refractivity contribution in [2.45, 2.75) is 25.8 Å². The van der Waals surface area contributed by atoms with Crippen LogP contribution < -0.4 is 5.32 Å². The van der Waals surface area contributed by atoms with Crippen molar-refractivity contribution in [1.82, 2.24) is 4.90 Å². The molecular weight excluding hydrogens is 371 g/mol. The number of aliphatic carboxylic acids is 1. The fourth-order valence-corrected chi connectivity index (χ4v) is 2.72. The van der Waals surface area contributed by atoms with Crippen LogP contribution in [0.3, 0.4) is 0 Å². The van der Waals surface area contributed by atoms with E-state index >= 15 is 0 Å². The zero-order valence-corrected chi connectivity index (χ0v) is 13.4. The first kappa shape index (κ1) is 15.2. The van der Waals surface area contributed by atoms with Crippen molar-refractivity contribution in [2.24, 2.45) is 0 Å². The molecule has 5 nitrogen and oxygen atoms in total. The van der Waals surface area contributed by atoms with Crippen molar-refractivity contribution in [3.8, 4) is 0 Å². The summed E-state index contributed by atoms with van der Waals surface area (Å²) in [5.74, 6) is -1.06. The molecule has 0 aliphatic heterocycles. The highest BCUT2D eigenvalue weighted by Crippen LogP contribution is 2.26. The lowest BCUT2D eigenvalue weighted by Gasteiger charge is -2.19. The molecule has 1 aliphatic rings. The number of hydrogen-bond donors (Lipinski definition) is 2. The number of carboxylic acid groups (broad SMARTS) is 1. The van der Waals surface area contributed by atoms with E-state index in [4.69, 9.17) is 5.11 Å². The Kier molecular flexibility index (Phi) is 4.98. The third kappa shape index (κ3) is 4.45. The smallest absolute Gasteiger partial charge is 0.317 e. The minimum absolute atomic E-state index is 0.0796. The molecule has 0 radical (unpaired) electrons. The van der Waals surface area contributed by atoms with Gasteiger partial charge in [0.05, 0.1) is 13.1 Å². The number of aryl methyl sites for hydroxylation is 1. The van der Waals surface area contributed by atoms with Crippen LogP contribution in [-0.2, 0) is 9.59 Å². The predicted octanol–water partition coefficient (Wildman–Crippen LogP) is 2.09. The quantitative estimate of drug-likeness (QED) is 0.733. The van der Waals surface area contributed by atoms with Gasteiger partial charge in [-0.15, -0.1) is 0 Å². The largest absolute Gasteiger partial charge is 0.480 e. The lowest BCUT2D eigenvalue weighted by Crippen LogP contribution is -2.38. The van der Waals surface area contributed by atoms with Crippen molar-refractivity contribution in [1.29, 1.82) is 0 Å². The van der Waals surface area contributed by atoms with E-state index in [0.29, 0.717) is 0 Å². The number of nitrogens with zero attached hydrogens (tertiary/aromatic N) is 1. The molecule has 0 aromatic heterocycles. The average Bonchev–Trinajstić information content (AvgIpc) is 3.15. The molecule has 1 aromatic carbocycles. The monoisotopic (exact) mass is 388 g/mol. The molecule has 108 valence electrons. The molecule has 1 amide bonds. The first-order chi connectivity index (χ1) is 9.45. The van der Waals surface area contributed by atoms with Gasteiger partial charge in [-0.2, -0.15) is 0 Å². The number of anilines is 1. The maximum Gasteiger partial charge on any atom is 0.317 e. The highest BCUT2D eigenvalue weighted by Gasteiger charge is 2.31. The second-order valence-corrected chi connectivity index (χ2v) is 6.28. The molecule has 0 saturated heterocycles. The van der Waals surface area contributed by atoms with Crippen LogP contribution in [0, 0.1) is 10.5 Å². The van der Waals surface area contributed by atoms with Crippen molar-refractivity contribution in [3.05, 3.63) is 27.3 Å². The predicted molar refractivity (Wildman–Crippen MR) is 84.8 cm³/mol. The fourth-order valence-electron chi connectivity index (χ4n) is 2.07. The van der Waals surface area contributed by atoms with Crippen LogP contribution in [0.2, 0.25) is 0 Å². The van der Waals surface area contributed by atoms with Crippen LogP contribution in [0.15, 0.2) is 18.2 Å². The molecule has 0 spiro atoms. The van der Waals surface area contributed by atoms with E-state index in [2.05, 4.69) is 27.9 Å². The average molecular weight is 388 g/mol. The molecule has 20 heavy (non-hydrogen) atoms. The van der Waals surface area contributed by atoms with Gasteiger partial charge in [-0.05, 0) is 66.1 Å². The Morgan fingerprint density at radius 3 is 2.65 bits per heavy atom. The summed E-state index contributed by atoms with van der Waals surface area (Å²) in [6.07, 6.45) is 1.95. The Morgan fingerprint density at radius 2 is 2.10 bits per heavy atom. The van der Waals surface area contributed by atoms with Crippen LogP contribution in [0.25, 0.3) is 0 Å². The van der Waals surface area contributed by atoms with Gasteiger partial charge in [-0.25, -0.2) is 0 Å². The summed E-state index contributed by atoms with van der Waals surface area (Å²) in [6, 6.07) is 6.04. The Hall–Kier alpha value is -1.15. The molecule has 1 aliphatic carbocycles. The normalized spacial score (nSPS) is 14.3. The number of benzene rings is 1. The number of hydrogen-bond acceptors (Lipinski definition) is 3. The van der Waals surface area contributed by atoms with E-state index in [1.165, 1.54) is 0 Å². The minimum Gasteiger partial charge on any atom is -0.480 e. The Labute approximate surface area is 131 Å². The summed E-state index contributed by atoms with van der Waals surface area (Å²) in [5, 5.41) is 11.7. The van der Waals surface area contributed by atoms with E-state index in [0.717, 1.165) is 27.7 Å².